The standard InChI is InChI=1S/C18H21FN2/c1-18(2,3)14-9-7-8-13(17(14)20-4)12-21-16-11-6-5-10-15(16)19/h5-12,20H,1-4H3. The van der Waals surface area contributed by atoms with Crippen LogP contribution in [0.3, 0.4) is 0 Å². The van der Waals surface area contributed by atoms with Gasteiger partial charge < -0.3 is 5.32 Å². The van der Waals surface area contributed by atoms with E-state index in [0.29, 0.717) is 5.69 Å². The van der Waals surface area contributed by atoms with Gasteiger partial charge in [-0.15, -0.1) is 0 Å². The van der Waals surface area contributed by atoms with E-state index in [1.165, 1.54) is 11.6 Å². The Morgan fingerprint density at radius 1 is 1.05 bits per heavy atom. The van der Waals surface area contributed by atoms with Crippen molar-refractivity contribution < 1.29 is 4.39 Å². The molecule has 2 aromatic rings. The van der Waals surface area contributed by atoms with Crippen molar-refractivity contribution in [1.82, 2.24) is 0 Å². The third-order valence-electron chi connectivity index (χ3n) is 3.35. The first-order valence-corrected chi connectivity index (χ1v) is 7.03. The van der Waals surface area contributed by atoms with Crippen LogP contribution in [0.5, 0.6) is 0 Å². The van der Waals surface area contributed by atoms with Gasteiger partial charge in [0.2, 0.25) is 0 Å². The fourth-order valence-corrected chi connectivity index (χ4v) is 2.28. The zero-order chi connectivity index (χ0) is 15.5. The summed E-state index contributed by atoms with van der Waals surface area (Å²) in [5.41, 5.74) is 3.57. The number of para-hydroxylation sites is 2. The van der Waals surface area contributed by atoms with Crippen molar-refractivity contribution in [2.45, 2.75) is 26.2 Å². The average molecular weight is 284 g/mol. The number of nitrogens with one attached hydrogen (secondary N) is 1. The first kappa shape index (κ1) is 15.2. The van der Waals surface area contributed by atoms with Gasteiger partial charge in [0.05, 0.1) is 5.69 Å². The van der Waals surface area contributed by atoms with E-state index in [2.05, 4.69) is 37.1 Å². The van der Waals surface area contributed by atoms with E-state index in [9.17, 15) is 4.39 Å². The van der Waals surface area contributed by atoms with Crippen molar-refractivity contribution in [2.24, 2.45) is 4.99 Å². The molecule has 0 heterocycles. The molecule has 0 amide bonds. The van der Waals surface area contributed by atoms with Gasteiger partial charge >= 0.3 is 0 Å². The van der Waals surface area contributed by atoms with E-state index in [1.54, 1.807) is 24.4 Å². The van der Waals surface area contributed by atoms with Crippen LogP contribution in [-0.2, 0) is 5.41 Å². The van der Waals surface area contributed by atoms with Crippen LogP contribution >= 0.6 is 0 Å². The zero-order valence-electron chi connectivity index (χ0n) is 12.9. The van der Waals surface area contributed by atoms with Gasteiger partial charge in [0, 0.05) is 24.5 Å². The third kappa shape index (κ3) is 3.48. The predicted molar refractivity (Wildman–Crippen MR) is 88.3 cm³/mol. The number of aliphatic imine (C=N–C) groups is 1. The van der Waals surface area contributed by atoms with Crippen LogP contribution in [0.15, 0.2) is 47.5 Å². The van der Waals surface area contributed by atoms with Crippen LogP contribution in [0, 0.1) is 5.82 Å². The molecule has 0 unspecified atom stereocenters. The van der Waals surface area contributed by atoms with Crippen molar-refractivity contribution in [3.8, 4) is 0 Å². The number of hydrogen-bond acceptors (Lipinski definition) is 2. The van der Waals surface area contributed by atoms with E-state index < -0.39 is 0 Å². The molecule has 0 radical (unpaired) electrons. The molecule has 110 valence electrons. The Labute approximate surface area is 125 Å². The fraction of sp³-hybridized carbons (Fsp3) is 0.278. The highest BCUT2D eigenvalue weighted by atomic mass is 19.1. The van der Waals surface area contributed by atoms with Gasteiger partial charge in [-0.05, 0) is 23.1 Å². The second kappa shape index (κ2) is 6.08. The molecule has 0 aliphatic rings. The Bertz CT molecular complexity index is 655. The Morgan fingerprint density at radius 3 is 2.38 bits per heavy atom. The summed E-state index contributed by atoms with van der Waals surface area (Å²) >= 11 is 0. The summed E-state index contributed by atoms with van der Waals surface area (Å²) in [7, 11) is 1.89. The highest BCUT2D eigenvalue weighted by Crippen LogP contribution is 2.31. The minimum Gasteiger partial charge on any atom is -0.387 e. The molecule has 0 saturated carbocycles. The normalized spacial score (nSPS) is 11.9. The van der Waals surface area contributed by atoms with Crippen LogP contribution in [0.1, 0.15) is 31.9 Å². The van der Waals surface area contributed by atoms with Crippen molar-refractivity contribution in [2.75, 3.05) is 12.4 Å². The molecule has 0 aromatic heterocycles. The maximum absolute atomic E-state index is 13.6. The number of anilines is 1. The molecular formula is C18H21FN2. The lowest BCUT2D eigenvalue weighted by molar-refractivity contribution is 0.592. The second-order valence-electron chi connectivity index (χ2n) is 5.98. The van der Waals surface area contributed by atoms with Crippen LogP contribution in [-0.4, -0.2) is 13.3 Å². The lowest BCUT2D eigenvalue weighted by Gasteiger charge is -2.24. The van der Waals surface area contributed by atoms with Gasteiger partial charge in [0.15, 0.2) is 0 Å². The van der Waals surface area contributed by atoms with E-state index in [-0.39, 0.29) is 11.2 Å². The van der Waals surface area contributed by atoms with Crippen molar-refractivity contribution in [3.05, 3.63) is 59.4 Å². The minimum atomic E-state index is -0.313. The average Bonchev–Trinajstić information content (AvgIpc) is 2.45. The topological polar surface area (TPSA) is 24.4 Å². The molecule has 2 nitrogen and oxygen atoms in total. The summed E-state index contributed by atoms with van der Waals surface area (Å²) < 4.78 is 13.6. The number of halogens is 1. The van der Waals surface area contributed by atoms with Crippen molar-refractivity contribution in [1.29, 1.82) is 0 Å². The number of rotatable bonds is 3. The molecule has 2 aromatic carbocycles. The van der Waals surface area contributed by atoms with E-state index in [4.69, 9.17) is 0 Å². The van der Waals surface area contributed by atoms with Gasteiger partial charge in [-0.1, -0.05) is 51.1 Å². The monoisotopic (exact) mass is 284 g/mol. The molecule has 0 aliphatic heterocycles. The molecule has 0 atom stereocenters. The summed E-state index contributed by atoms with van der Waals surface area (Å²) in [6.45, 7) is 6.50. The van der Waals surface area contributed by atoms with Crippen LogP contribution in [0.2, 0.25) is 0 Å². The van der Waals surface area contributed by atoms with Crippen LogP contribution in [0.25, 0.3) is 0 Å². The third-order valence-corrected chi connectivity index (χ3v) is 3.35. The lowest BCUT2D eigenvalue weighted by Crippen LogP contribution is -2.15. The van der Waals surface area contributed by atoms with Gasteiger partial charge in [-0.2, -0.15) is 0 Å². The largest absolute Gasteiger partial charge is 0.387 e. The Hall–Kier alpha value is -2.16. The molecule has 3 heteroatoms. The number of nitrogens with zero attached hydrogens (tertiary/aromatic N) is 1. The second-order valence-corrected chi connectivity index (χ2v) is 5.98. The summed E-state index contributed by atoms with van der Waals surface area (Å²) in [6, 6.07) is 12.6. The molecule has 0 bridgehead atoms. The van der Waals surface area contributed by atoms with Gasteiger partial charge in [0.1, 0.15) is 5.82 Å². The Kier molecular flexibility index (Phi) is 4.41. The quantitative estimate of drug-likeness (QED) is 0.795. The molecule has 1 N–H and O–H groups in total. The van der Waals surface area contributed by atoms with Gasteiger partial charge in [-0.3, -0.25) is 4.99 Å². The molecule has 2 rings (SSSR count). The Morgan fingerprint density at radius 2 is 1.76 bits per heavy atom. The van der Waals surface area contributed by atoms with Gasteiger partial charge in [-0.25, -0.2) is 4.39 Å². The van der Waals surface area contributed by atoms with E-state index >= 15 is 0 Å². The van der Waals surface area contributed by atoms with E-state index in [1.807, 2.05) is 19.2 Å². The molecule has 0 fully saturated rings. The smallest absolute Gasteiger partial charge is 0.148 e. The number of hydrogen-bond donors (Lipinski definition) is 1. The minimum absolute atomic E-state index is 0.0280. The molecular weight excluding hydrogens is 263 g/mol. The highest BCUT2D eigenvalue weighted by Gasteiger charge is 2.18. The first-order chi connectivity index (χ1) is 9.93. The lowest BCUT2D eigenvalue weighted by atomic mass is 9.84. The molecule has 21 heavy (non-hydrogen) atoms. The number of benzene rings is 2. The molecule has 0 aliphatic carbocycles. The predicted octanol–water partition coefficient (Wildman–Crippen LogP) is 4.92. The summed E-state index contributed by atoms with van der Waals surface area (Å²) in [5.74, 6) is -0.313. The fourth-order valence-electron chi connectivity index (χ4n) is 2.28. The first-order valence-electron chi connectivity index (χ1n) is 7.03. The van der Waals surface area contributed by atoms with Crippen molar-refractivity contribution in [3.63, 3.8) is 0 Å². The van der Waals surface area contributed by atoms with Gasteiger partial charge in [0.25, 0.3) is 0 Å². The maximum Gasteiger partial charge on any atom is 0.148 e. The van der Waals surface area contributed by atoms with E-state index in [0.717, 1.165) is 11.3 Å². The summed E-state index contributed by atoms with van der Waals surface area (Å²) in [4.78, 5) is 4.27. The summed E-state index contributed by atoms with van der Waals surface area (Å²) in [6.07, 6.45) is 1.71. The zero-order valence-corrected chi connectivity index (χ0v) is 12.9. The molecule has 0 saturated heterocycles. The van der Waals surface area contributed by atoms with Crippen LogP contribution < -0.4 is 5.32 Å². The highest BCUT2D eigenvalue weighted by molar-refractivity contribution is 5.90. The Balaban J connectivity index is 2.44. The van der Waals surface area contributed by atoms with Crippen molar-refractivity contribution >= 4 is 17.6 Å². The molecule has 0 spiro atoms. The summed E-state index contributed by atoms with van der Waals surface area (Å²) in [5, 5.41) is 3.24. The maximum atomic E-state index is 13.6. The SMILES string of the molecule is CNc1c(C=Nc2ccccc2F)cccc1C(C)(C)C. The van der Waals surface area contributed by atoms with Crippen LogP contribution in [0.4, 0.5) is 15.8 Å².